The Labute approximate surface area is 422 Å². The first-order valence-electron chi connectivity index (χ1n) is 27.4. The molecule has 3 aromatic rings. The van der Waals surface area contributed by atoms with Gasteiger partial charge in [0, 0.05) is 6.42 Å². The molecule has 0 saturated heterocycles. The summed E-state index contributed by atoms with van der Waals surface area (Å²) in [4.78, 5) is 0. The molecular weight excluding hydrogens is 928 g/mol. The van der Waals surface area contributed by atoms with Gasteiger partial charge < -0.3 is 18.4 Å². The highest BCUT2D eigenvalue weighted by atomic mass is 19.4. The third-order valence-corrected chi connectivity index (χ3v) is 13.9. The zero-order valence-electron chi connectivity index (χ0n) is 43.5. The number of benzene rings is 3. The number of nitrogens with zero attached hydrogens (tertiary/aromatic N) is 1. The van der Waals surface area contributed by atoms with Gasteiger partial charge in [-0.3, -0.25) is 0 Å². The van der Waals surface area contributed by atoms with Crippen molar-refractivity contribution in [2.24, 2.45) is 0 Å². The topological polar surface area (TPSA) is 27.7 Å². The fourth-order valence-corrected chi connectivity index (χ4v) is 9.73. The lowest BCUT2D eigenvalue weighted by atomic mass is 9.91. The van der Waals surface area contributed by atoms with Gasteiger partial charge in [0.25, 0.3) is 0 Å². The predicted molar refractivity (Wildman–Crippen MR) is 272 cm³/mol. The van der Waals surface area contributed by atoms with E-state index in [1.807, 2.05) is 0 Å². The average Bonchev–Trinajstić information content (AvgIpc) is 3.32. The van der Waals surface area contributed by atoms with Crippen LogP contribution in [-0.4, -0.2) is 31.4 Å². The van der Waals surface area contributed by atoms with E-state index >= 15 is 13.2 Å². The Hall–Kier alpha value is -3.55. The van der Waals surface area contributed by atoms with Crippen molar-refractivity contribution >= 4 is 7.32 Å². The summed E-state index contributed by atoms with van der Waals surface area (Å²) in [5.74, 6) is -0.179. The molecular formula is C57H86BF9NO3+. The summed E-state index contributed by atoms with van der Waals surface area (Å²) >= 11 is 0. The number of alkyl halides is 9. The first-order chi connectivity index (χ1) is 34.0. The van der Waals surface area contributed by atoms with Crippen LogP contribution in [0.4, 0.5) is 39.5 Å². The zero-order chi connectivity index (χ0) is 52.0. The van der Waals surface area contributed by atoms with E-state index in [2.05, 4.69) is 27.7 Å². The molecule has 0 aliphatic heterocycles. The molecule has 0 radical (unpaired) electrons. The molecule has 0 aliphatic carbocycles. The molecule has 1 atom stereocenters. The van der Waals surface area contributed by atoms with Crippen molar-refractivity contribution in [1.82, 2.24) is 0 Å². The smallest absolute Gasteiger partial charge is 0.490 e. The zero-order valence-corrected chi connectivity index (χ0v) is 43.5. The van der Waals surface area contributed by atoms with Crippen molar-refractivity contribution in [3.05, 3.63) is 89.0 Å². The fraction of sp³-hybridized carbons (Fsp3) is 0.684. The molecule has 0 heterocycles. The van der Waals surface area contributed by atoms with Crippen LogP contribution in [0.25, 0.3) is 0 Å². The van der Waals surface area contributed by atoms with E-state index in [-0.39, 0.29) is 17.2 Å². The highest BCUT2D eigenvalue weighted by Crippen LogP contribution is 2.44. The minimum atomic E-state index is -4.70. The monoisotopic (exact) mass is 1010 g/mol. The minimum absolute atomic E-state index is 0.0547. The van der Waals surface area contributed by atoms with E-state index in [4.69, 9.17) is 14.0 Å². The molecule has 0 saturated carbocycles. The lowest BCUT2D eigenvalue weighted by Crippen LogP contribution is -2.53. The summed E-state index contributed by atoms with van der Waals surface area (Å²) in [6.07, 6.45) is 15.5. The first kappa shape index (κ1) is 61.8. The largest absolute Gasteiger partial charge is 0.864 e. The highest BCUT2D eigenvalue weighted by Gasteiger charge is 2.43. The van der Waals surface area contributed by atoms with Crippen LogP contribution in [0.15, 0.2) is 66.7 Å². The summed E-state index contributed by atoms with van der Waals surface area (Å²) in [7, 11) is -1.83. The molecule has 402 valence electrons. The molecule has 1 unspecified atom stereocenters. The fourth-order valence-electron chi connectivity index (χ4n) is 9.73. The van der Waals surface area contributed by atoms with Crippen LogP contribution in [0.3, 0.4) is 0 Å². The number of hydrogen-bond donors (Lipinski definition) is 0. The van der Waals surface area contributed by atoms with Gasteiger partial charge in [-0.15, -0.1) is 0 Å². The molecule has 3 aromatic carbocycles. The second-order valence-corrected chi connectivity index (χ2v) is 19.8. The Morgan fingerprint density at radius 1 is 0.380 bits per heavy atom. The SMILES string of the molecule is CCCCCCCCCCCC(c1cc(C(F)(F)F)ccc1OB(Oc1ccc(C(F)(F)F)cc1)Oc1ccc(C(F)(F)F)cc1)[N+](CCCCCCCC)(CCCCCCCC)CCCCCCCC. The van der Waals surface area contributed by atoms with Gasteiger partial charge in [-0.2, -0.15) is 39.5 Å². The van der Waals surface area contributed by atoms with Crippen LogP contribution < -0.4 is 14.0 Å². The number of hydrogen-bond acceptors (Lipinski definition) is 3. The molecule has 0 spiro atoms. The lowest BCUT2D eigenvalue weighted by Gasteiger charge is -2.46. The quantitative estimate of drug-likeness (QED) is 0.0247. The molecule has 4 nitrogen and oxygen atoms in total. The van der Waals surface area contributed by atoms with Gasteiger partial charge in [-0.25, -0.2) is 0 Å². The standard InChI is InChI=1S/C57H86BF9NO3/c1-5-9-13-17-21-22-23-24-28-32-53(68(43-29-25-18-14-10-6-2,44-30-26-19-15-11-7-3)45-31-27-20-16-12-8-4)52-46-49(57(65,66)67)37-42-54(52)71-58(69-50-38-33-47(34-39-50)55(59,60)61)70-51-40-35-48(36-41-51)56(62,63)64/h33-42,46,53H,5-32,43-45H2,1-4H3/q+1. The lowest BCUT2D eigenvalue weighted by molar-refractivity contribution is -0.958. The number of quaternary nitrogens is 1. The van der Waals surface area contributed by atoms with Gasteiger partial charge in [0.2, 0.25) is 0 Å². The van der Waals surface area contributed by atoms with Crippen LogP contribution >= 0.6 is 0 Å². The molecule has 0 bridgehead atoms. The number of halogens is 9. The van der Waals surface area contributed by atoms with Crippen LogP contribution in [0.2, 0.25) is 0 Å². The van der Waals surface area contributed by atoms with E-state index in [1.165, 1.54) is 37.8 Å². The second-order valence-electron chi connectivity index (χ2n) is 19.8. The van der Waals surface area contributed by atoms with Crippen molar-refractivity contribution < 1.29 is 58.0 Å². The summed E-state index contributed by atoms with van der Waals surface area (Å²) < 4.78 is 146. The van der Waals surface area contributed by atoms with Gasteiger partial charge >= 0.3 is 25.9 Å². The highest BCUT2D eigenvalue weighted by molar-refractivity contribution is 6.39. The second kappa shape index (κ2) is 33.3. The Morgan fingerprint density at radius 2 is 0.690 bits per heavy atom. The van der Waals surface area contributed by atoms with Crippen LogP contribution in [-0.2, 0) is 18.5 Å². The van der Waals surface area contributed by atoms with Gasteiger partial charge in [-0.05, 0) is 112 Å². The van der Waals surface area contributed by atoms with Crippen molar-refractivity contribution in [2.45, 2.75) is 232 Å². The molecule has 0 aliphatic rings. The van der Waals surface area contributed by atoms with E-state index in [0.29, 0.717) is 16.5 Å². The Balaban J connectivity index is 2.25. The maximum Gasteiger partial charge on any atom is 0.864 e. The summed E-state index contributed by atoms with van der Waals surface area (Å²) in [6.45, 7) is 11.1. The molecule has 0 N–H and O–H groups in total. The Kier molecular flexibility index (Phi) is 29.0. The van der Waals surface area contributed by atoms with Crippen molar-refractivity contribution in [2.75, 3.05) is 19.6 Å². The average molecular weight is 1020 g/mol. The van der Waals surface area contributed by atoms with E-state index in [0.717, 1.165) is 222 Å². The summed E-state index contributed by atoms with van der Waals surface area (Å²) in [5.41, 5.74) is -2.37. The molecule has 3 rings (SSSR count). The van der Waals surface area contributed by atoms with Gasteiger partial charge in [-0.1, -0.05) is 156 Å². The molecule has 14 heteroatoms. The van der Waals surface area contributed by atoms with Crippen molar-refractivity contribution in [3.63, 3.8) is 0 Å². The van der Waals surface area contributed by atoms with Gasteiger partial charge in [0.15, 0.2) is 0 Å². The number of unbranched alkanes of at least 4 members (excludes halogenated alkanes) is 23. The third kappa shape index (κ3) is 23.9. The van der Waals surface area contributed by atoms with E-state index in [9.17, 15) is 26.3 Å². The predicted octanol–water partition coefficient (Wildman–Crippen LogP) is 20.1. The van der Waals surface area contributed by atoms with Crippen molar-refractivity contribution in [3.8, 4) is 17.2 Å². The van der Waals surface area contributed by atoms with Gasteiger partial charge in [0.05, 0.1) is 41.9 Å². The van der Waals surface area contributed by atoms with Crippen LogP contribution in [0.1, 0.15) is 236 Å². The van der Waals surface area contributed by atoms with Crippen LogP contribution in [0, 0.1) is 0 Å². The third-order valence-electron chi connectivity index (χ3n) is 13.9. The molecule has 0 amide bonds. The van der Waals surface area contributed by atoms with E-state index < -0.39 is 48.6 Å². The maximum atomic E-state index is 15.0. The molecule has 71 heavy (non-hydrogen) atoms. The maximum absolute atomic E-state index is 15.0. The molecule has 0 aromatic heterocycles. The number of rotatable bonds is 39. The van der Waals surface area contributed by atoms with Crippen LogP contribution in [0.5, 0.6) is 17.2 Å². The minimum Gasteiger partial charge on any atom is -0.490 e. The summed E-state index contributed by atoms with van der Waals surface area (Å²) in [6, 6.07) is 10.5. The first-order valence-corrected chi connectivity index (χ1v) is 27.4. The van der Waals surface area contributed by atoms with E-state index in [1.54, 1.807) is 0 Å². The summed E-state index contributed by atoms with van der Waals surface area (Å²) in [5, 5.41) is 0. The molecule has 0 fully saturated rings. The van der Waals surface area contributed by atoms with Crippen molar-refractivity contribution in [1.29, 1.82) is 0 Å². The normalized spacial score (nSPS) is 12.9. The Morgan fingerprint density at radius 3 is 1.03 bits per heavy atom. The van der Waals surface area contributed by atoms with Gasteiger partial charge in [0.1, 0.15) is 23.3 Å². The Bertz CT molecular complexity index is 1720.